The van der Waals surface area contributed by atoms with Crippen molar-refractivity contribution in [2.75, 3.05) is 6.54 Å². The van der Waals surface area contributed by atoms with Crippen molar-refractivity contribution in [1.29, 1.82) is 0 Å². The number of amides is 2. The van der Waals surface area contributed by atoms with Gasteiger partial charge in [-0.05, 0) is 17.9 Å². The number of nitrogens with one attached hydrogen (secondary N) is 1. The minimum absolute atomic E-state index is 0.0870. The van der Waals surface area contributed by atoms with E-state index in [1.165, 1.54) is 28.6 Å². The fourth-order valence-electron chi connectivity index (χ4n) is 4.70. The van der Waals surface area contributed by atoms with E-state index in [0.29, 0.717) is 18.9 Å². The quantitative estimate of drug-likeness (QED) is 0.675. The maximum atomic E-state index is 14.1. The number of alkyl halides is 2. The van der Waals surface area contributed by atoms with Crippen molar-refractivity contribution in [3.8, 4) is 0 Å². The number of nitrogens with zero attached hydrogens (tertiary/aromatic N) is 4. The zero-order chi connectivity index (χ0) is 22.6. The molecule has 1 aliphatic carbocycles. The second-order valence-corrected chi connectivity index (χ2v) is 8.92. The summed E-state index contributed by atoms with van der Waals surface area (Å²) in [5, 5.41) is 10.6. The van der Waals surface area contributed by atoms with E-state index < -0.39 is 24.9 Å². The molecule has 1 aromatic carbocycles. The molecule has 2 fully saturated rings. The molecule has 1 saturated heterocycles. The van der Waals surface area contributed by atoms with Crippen LogP contribution in [-0.4, -0.2) is 50.2 Å². The predicted octanol–water partition coefficient (Wildman–Crippen LogP) is 3.41. The molecule has 0 bridgehead atoms. The Labute approximate surface area is 186 Å². The first kappa shape index (κ1) is 22.4. The van der Waals surface area contributed by atoms with Gasteiger partial charge in [0.05, 0.1) is 25.3 Å². The molecule has 2 aliphatic rings. The third-order valence-corrected chi connectivity index (χ3v) is 6.40. The van der Waals surface area contributed by atoms with Crippen LogP contribution in [0.5, 0.6) is 0 Å². The highest BCUT2D eigenvalue weighted by molar-refractivity contribution is 5.91. The number of likely N-dealkylation sites (tertiary alicyclic amines) is 1. The summed E-state index contributed by atoms with van der Waals surface area (Å²) in [5.74, 6) is -2.99. The smallest absolute Gasteiger partial charge is 0.273 e. The minimum Gasteiger partial charge on any atom is -0.347 e. The largest absolute Gasteiger partial charge is 0.347 e. The number of aromatic nitrogens is 3. The summed E-state index contributed by atoms with van der Waals surface area (Å²) >= 11 is 0. The first-order valence-corrected chi connectivity index (χ1v) is 11.3. The summed E-state index contributed by atoms with van der Waals surface area (Å²) in [5.41, 5.74) is 1.07. The topological polar surface area (TPSA) is 80.1 Å². The lowest BCUT2D eigenvalue weighted by Crippen LogP contribution is -2.38. The zero-order valence-corrected chi connectivity index (χ0v) is 18.1. The molecule has 32 heavy (non-hydrogen) atoms. The van der Waals surface area contributed by atoms with Crippen molar-refractivity contribution in [2.24, 2.45) is 5.92 Å². The number of halogens is 2. The van der Waals surface area contributed by atoms with Gasteiger partial charge >= 0.3 is 0 Å². The molecule has 4 rings (SSSR count). The monoisotopic (exact) mass is 445 g/mol. The first-order valence-electron chi connectivity index (χ1n) is 11.3. The third kappa shape index (κ3) is 5.69. The Morgan fingerprint density at radius 1 is 1.16 bits per heavy atom. The Morgan fingerprint density at radius 2 is 1.91 bits per heavy atom. The molecule has 0 spiro atoms. The van der Waals surface area contributed by atoms with Gasteiger partial charge in [0, 0.05) is 19.4 Å². The molecular weight excluding hydrogens is 416 g/mol. The van der Waals surface area contributed by atoms with Gasteiger partial charge in [0.25, 0.3) is 11.8 Å². The van der Waals surface area contributed by atoms with Crippen molar-refractivity contribution in [3.05, 3.63) is 47.8 Å². The standard InChI is InChI=1S/C23H29F2N5O2/c24-23(25)12-19(30(16-23)21(31)11-10-17-6-4-5-7-17)14-29-15-20(27-28-29)22(32)26-13-18-8-2-1-3-9-18/h1-3,8-9,15,17,19H,4-7,10-14,16H2,(H,26,32)/t19-/m0/s1. The van der Waals surface area contributed by atoms with Crippen LogP contribution in [0.2, 0.25) is 0 Å². The van der Waals surface area contributed by atoms with Gasteiger partial charge in [0.1, 0.15) is 0 Å². The van der Waals surface area contributed by atoms with Gasteiger partial charge in [-0.1, -0.05) is 61.2 Å². The Hall–Kier alpha value is -2.84. The normalized spacial score (nSPS) is 20.6. The van der Waals surface area contributed by atoms with E-state index in [0.717, 1.165) is 24.8 Å². The lowest BCUT2D eigenvalue weighted by molar-refractivity contribution is -0.133. The van der Waals surface area contributed by atoms with Gasteiger partial charge in [0.15, 0.2) is 5.69 Å². The minimum atomic E-state index is -2.91. The molecule has 1 saturated carbocycles. The summed E-state index contributed by atoms with van der Waals surface area (Å²) in [6.07, 6.45) is 6.75. The molecule has 1 aromatic heterocycles. The molecule has 7 nitrogen and oxygen atoms in total. The van der Waals surface area contributed by atoms with Gasteiger partial charge in [-0.25, -0.2) is 13.5 Å². The number of hydrogen-bond acceptors (Lipinski definition) is 4. The molecule has 2 aromatic rings. The molecule has 172 valence electrons. The Bertz CT molecular complexity index is 927. The van der Waals surface area contributed by atoms with Crippen molar-refractivity contribution >= 4 is 11.8 Å². The summed E-state index contributed by atoms with van der Waals surface area (Å²) in [6.45, 7) is -0.116. The second-order valence-electron chi connectivity index (χ2n) is 8.92. The molecule has 0 radical (unpaired) electrons. The molecule has 2 heterocycles. The van der Waals surface area contributed by atoms with E-state index in [1.807, 2.05) is 30.3 Å². The number of carbonyl (C=O) groups is 2. The highest BCUT2D eigenvalue weighted by Gasteiger charge is 2.47. The van der Waals surface area contributed by atoms with E-state index >= 15 is 0 Å². The van der Waals surface area contributed by atoms with Crippen LogP contribution in [0.4, 0.5) is 8.78 Å². The Balaban J connectivity index is 1.33. The van der Waals surface area contributed by atoms with Crippen molar-refractivity contribution in [1.82, 2.24) is 25.2 Å². The van der Waals surface area contributed by atoms with Crippen molar-refractivity contribution < 1.29 is 18.4 Å². The van der Waals surface area contributed by atoms with Crippen LogP contribution in [0.15, 0.2) is 36.5 Å². The van der Waals surface area contributed by atoms with Gasteiger partial charge in [-0.2, -0.15) is 0 Å². The van der Waals surface area contributed by atoms with Crippen LogP contribution in [0.25, 0.3) is 0 Å². The second kappa shape index (κ2) is 9.75. The molecule has 2 amide bonds. The van der Waals surface area contributed by atoms with Crippen LogP contribution in [0.1, 0.15) is 61.0 Å². The summed E-state index contributed by atoms with van der Waals surface area (Å²) < 4.78 is 29.7. The molecular formula is C23H29F2N5O2. The van der Waals surface area contributed by atoms with Gasteiger partial charge in [-0.3, -0.25) is 9.59 Å². The predicted molar refractivity (Wildman–Crippen MR) is 114 cm³/mol. The molecule has 0 unspecified atom stereocenters. The van der Waals surface area contributed by atoms with E-state index in [4.69, 9.17) is 0 Å². The summed E-state index contributed by atoms with van der Waals surface area (Å²) in [4.78, 5) is 26.3. The fourth-order valence-corrected chi connectivity index (χ4v) is 4.70. The SMILES string of the molecule is O=C(NCc1ccccc1)c1cn(C[C@@H]2CC(F)(F)CN2C(=O)CCC2CCCC2)nn1. The lowest BCUT2D eigenvalue weighted by atomic mass is 10.0. The number of benzene rings is 1. The first-order chi connectivity index (χ1) is 15.4. The van der Waals surface area contributed by atoms with Crippen molar-refractivity contribution in [3.63, 3.8) is 0 Å². The average molecular weight is 446 g/mol. The van der Waals surface area contributed by atoms with Crippen LogP contribution in [0, 0.1) is 5.92 Å². The zero-order valence-electron chi connectivity index (χ0n) is 18.1. The Morgan fingerprint density at radius 3 is 2.66 bits per heavy atom. The van der Waals surface area contributed by atoms with Crippen LogP contribution in [0.3, 0.4) is 0 Å². The van der Waals surface area contributed by atoms with Gasteiger partial charge < -0.3 is 10.2 Å². The van der Waals surface area contributed by atoms with Crippen LogP contribution >= 0.6 is 0 Å². The summed E-state index contributed by atoms with van der Waals surface area (Å²) in [6, 6.07) is 8.80. The lowest BCUT2D eigenvalue weighted by Gasteiger charge is -2.24. The van der Waals surface area contributed by atoms with Crippen LogP contribution in [-0.2, 0) is 17.9 Å². The van der Waals surface area contributed by atoms with Crippen molar-refractivity contribution in [2.45, 2.75) is 70.0 Å². The molecule has 1 aliphatic heterocycles. The number of rotatable bonds is 8. The number of carbonyl (C=O) groups excluding carboxylic acids is 2. The van der Waals surface area contributed by atoms with Gasteiger partial charge in [-0.15, -0.1) is 5.10 Å². The maximum Gasteiger partial charge on any atom is 0.273 e. The highest BCUT2D eigenvalue weighted by atomic mass is 19.3. The Kier molecular flexibility index (Phi) is 6.81. The molecule has 1 N–H and O–H groups in total. The van der Waals surface area contributed by atoms with Gasteiger partial charge in [0.2, 0.25) is 5.91 Å². The maximum absolute atomic E-state index is 14.1. The van der Waals surface area contributed by atoms with E-state index in [9.17, 15) is 18.4 Å². The fraction of sp³-hybridized carbons (Fsp3) is 0.565. The summed E-state index contributed by atoms with van der Waals surface area (Å²) in [7, 11) is 0. The van der Waals surface area contributed by atoms with E-state index in [-0.39, 0.29) is 24.1 Å². The third-order valence-electron chi connectivity index (χ3n) is 6.40. The molecule has 9 heteroatoms. The average Bonchev–Trinajstić information content (AvgIpc) is 3.52. The van der Waals surface area contributed by atoms with Crippen LogP contribution < -0.4 is 5.32 Å². The molecule has 1 atom stereocenters. The van der Waals surface area contributed by atoms with E-state index in [1.54, 1.807) is 0 Å². The number of hydrogen-bond donors (Lipinski definition) is 1. The van der Waals surface area contributed by atoms with E-state index in [2.05, 4.69) is 15.6 Å². The highest BCUT2D eigenvalue weighted by Crippen LogP contribution is 2.34.